The van der Waals surface area contributed by atoms with Gasteiger partial charge in [0.2, 0.25) is 0 Å². The lowest BCUT2D eigenvalue weighted by Crippen LogP contribution is -2.30. The monoisotopic (exact) mass is 436 g/mol. The number of carbonyl (C=O) groups excluding carboxylic acids is 1. The van der Waals surface area contributed by atoms with Gasteiger partial charge >= 0.3 is 0 Å². The summed E-state index contributed by atoms with van der Waals surface area (Å²) in [5, 5.41) is 4.87. The maximum atomic E-state index is 12.5. The first kappa shape index (κ1) is 20.2. The van der Waals surface area contributed by atoms with Crippen LogP contribution in [0.25, 0.3) is 0 Å². The van der Waals surface area contributed by atoms with Crippen LogP contribution in [0, 0.1) is 0 Å². The van der Waals surface area contributed by atoms with Crippen molar-refractivity contribution in [3.05, 3.63) is 71.1 Å². The van der Waals surface area contributed by atoms with E-state index in [2.05, 4.69) is 10.0 Å². The summed E-state index contributed by atoms with van der Waals surface area (Å²) in [7, 11) is -3.73. The van der Waals surface area contributed by atoms with Crippen LogP contribution in [0.3, 0.4) is 0 Å². The highest BCUT2D eigenvalue weighted by atomic mass is 35.5. The molecule has 0 radical (unpaired) electrons. The van der Waals surface area contributed by atoms with Crippen molar-refractivity contribution in [1.82, 2.24) is 0 Å². The zero-order valence-corrected chi connectivity index (χ0v) is 17.1. The number of para-hydroxylation sites is 2. The van der Waals surface area contributed by atoms with E-state index in [0.29, 0.717) is 16.5 Å². The van der Waals surface area contributed by atoms with Gasteiger partial charge in [0.15, 0.2) is 6.10 Å². The van der Waals surface area contributed by atoms with Gasteiger partial charge in [-0.3, -0.25) is 9.52 Å². The summed E-state index contributed by atoms with van der Waals surface area (Å²) in [5.74, 6) is 0.0320. The van der Waals surface area contributed by atoms with Gasteiger partial charge in [-0.2, -0.15) is 0 Å². The lowest BCUT2D eigenvalue weighted by atomic mass is 10.2. The third-order valence-electron chi connectivity index (χ3n) is 3.67. The molecule has 28 heavy (non-hydrogen) atoms. The SMILES string of the molecule is CC(Oc1cccc(Cl)c1)C(=O)Nc1ccccc1NS(=O)(=O)c1cccs1. The number of carbonyl (C=O) groups is 1. The topological polar surface area (TPSA) is 84.5 Å². The zero-order valence-electron chi connectivity index (χ0n) is 14.8. The quantitative estimate of drug-likeness (QED) is 0.566. The Balaban J connectivity index is 1.73. The second-order valence-electron chi connectivity index (χ2n) is 5.79. The van der Waals surface area contributed by atoms with Gasteiger partial charge in [-0.1, -0.05) is 35.9 Å². The number of anilines is 2. The van der Waals surface area contributed by atoms with Gasteiger partial charge < -0.3 is 10.1 Å². The van der Waals surface area contributed by atoms with Crippen molar-refractivity contribution in [1.29, 1.82) is 0 Å². The molecule has 1 aromatic heterocycles. The van der Waals surface area contributed by atoms with E-state index in [9.17, 15) is 13.2 Å². The Morgan fingerprint density at radius 1 is 1.07 bits per heavy atom. The molecule has 1 atom stereocenters. The molecule has 0 aliphatic rings. The molecule has 0 aliphatic carbocycles. The molecule has 0 fully saturated rings. The Morgan fingerprint density at radius 3 is 2.50 bits per heavy atom. The van der Waals surface area contributed by atoms with E-state index < -0.39 is 22.0 Å². The summed E-state index contributed by atoms with van der Waals surface area (Å²) in [6, 6.07) is 16.4. The number of thiophene rings is 1. The van der Waals surface area contributed by atoms with Gasteiger partial charge in [0.1, 0.15) is 9.96 Å². The molecule has 0 bridgehead atoms. The minimum Gasteiger partial charge on any atom is -0.481 e. The third-order valence-corrected chi connectivity index (χ3v) is 6.67. The predicted octanol–water partition coefficient (Wildman–Crippen LogP) is 4.61. The summed E-state index contributed by atoms with van der Waals surface area (Å²) in [6.07, 6.45) is -0.819. The Bertz CT molecular complexity index is 1070. The van der Waals surface area contributed by atoms with Crippen LogP contribution in [-0.4, -0.2) is 20.4 Å². The highest BCUT2D eigenvalue weighted by molar-refractivity contribution is 7.94. The number of amides is 1. The van der Waals surface area contributed by atoms with Crippen LogP contribution in [0.5, 0.6) is 5.75 Å². The van der Waals surface area contributed by atoms with Crippen LogP contribution in [0.2, 0.25) is 5.02 Å². The van der Waals surface area contributed by atoms with Crippen LogP contribution in [0.4, 0.5) is 11.4 Å². The van der Waals surface area contributed by atoms with E-state index >= 15 is 0 Å². The molecule has 2 N–H and O–H groups in total. The third kappa shape index (κ3) is 5.03. The van der Waals surface area contributed by atoms with Gasteiger partial charge in [-0.15, -0.1) is 11.3 Å². The predicted molar refractivity (Wildman–Crippen MR) is 112 cm³/mol. The standard InChI is InChI=1S/C19H17ClN2O4S2/c1-13(26-15-7-4-6-14(20)12-15)19(23)21-16-8-2-3-9-17(16)22-28(24,25)18-10-5-11-27-18/h2-13,22H,1H3,(H,21,23). The number of rotatable bonds is 7. The van der Waals surface area contributed by atoms with E-state index in [1.165, 1.54) is 6.07 Å². The minimum atomic E-state index is -3.73. The zero-order chi connectivity index (χ0) is 20.1. The van der Waals surface area contributed by atoms with Crippen LogP contribution >= 0.6 is 22.9 Å². The van der Waals surface area contributed by atoms with Crippen LogP contribution in [0.1, 0.15) is 6.92 Å². The summed E-state index contributed by atoms with van der Waals surface area (Å²) in [4.78, 5) is 12.5. The molecule has 1 unspecified atom stereocenters. The lowest BCUT2D eigenvalue weighted by molar-refractivity contribution is -0.122. The van der Waals surface area contributed by atoms with Crippen molar-refractivity contribution in [2.24, 2.45) is 0 Å². The Morgan fingerprint density at radius 2 is 1.82 bits per heavy atom. The highest BCUT2D eigenvalue weighted by Gasteiger charge is 2.20. The average Bonchev–Trinajstić information content (AvgIpc) is 3.19. The molecule has 0 saturated carbocycles. The molecule has 2 aromatic carbocycles. The van der Waals surface area contributed by atoms with Gasteiger partial charge in [-0.05, 0) is 48.7 Å². The van der Waals surface area contributed by atoms with E-state index in [-0.39, 0.29) is 9.90 Å². The molecule has 0 aliphatic heterocycles. The number of halogens is 1. The molecule has 3 rings (SSSR count). The molecular formula is C19H17ClN2O4S2. The van der Waals surface area contributed by atoms with Crippen molar-refractivity contribution in [2.45, 2.75) is 17.2 Å². The summed E-state index contributed by atoms with van der Waals surface area (Å²) >= 11 is 7.02. The first-order valence-electron chi connectivity index (χ1n) is 8.23. The molecular weight excluding hydrogens is 420 g/mol. The smallest absolute Gasteiger partial charge is 0.271 e. The molecule has 0 spiro atoms. The number of nitrogens with one attached hydrogen (secondary N) is 2. The fourth-order valence-corrected chi connectivity index (χ4v) is 4.58. The second kappa shape index (κ2) is 8.64. The first-order valence-corrected chi connectivity index (χ1v) is 11.0. The van der Waals surface area contributed by atoms with Gasteiger partial charge in [0.25, 0.3) is 15.9 Å². The summed E-state index contributed by atoms with van der Waals surface area (Å²) in [5.41, 5.74) is 0.591. The van der Waals surface area contributed by atoms with E-state index in [1.807, 2.05) is 0 Å². The minimum absolute atomic E-state index is 0.186. The van der Waals surface area contributed by atoms with Crippen molar-refractivity contribution < 1.29 is 17.9 Å². The Hall–Kier alpha value is -2.55. The summed E-state index contributed by atoms with van der Waals surface area (Å²) < 4.78 is 33.2. The summed E-state index contributed by atoms with van der Waals surface area (Å²) in [6.45, 7) is 1.59. The van der Waals surface area contributed by atoms with Crippen LogP contribution in [-0.2, 0) is 14.8 Å². The van der Waals surface area contributed by atoms with Crippen molar-refractivity contribution in [2.75, 3.05) is 10.0 Å². The van der Waals surface area contributed by atoms with E-state index in [0.717, 1.165) is 11.3 Å². The van der Waals surface area contributed by atoms with Crippen LogP contribution in [0.15, 0.2) is 70.3 Å². The Labute approximate surface area is 172 Å². The Kier molecular flexibility index (Phi) is 6.23. The lowest BCUT2D eigenvalue weighted by Gasteiger charge is -2.17. The fourth-order valence-electron chi connectivity index (χ4n) is 2.32. The molecule has 1 amide bonds. The fraction of sp³-hybridized carbons (Fsp3) is 0.105. The highest BCUT2D eigenvalue weighted by Crippen LogP contribution is 2.26. The number of hydrogen-bond acceptors (Lipinski definition) is 5. The number of benzene rings is 2. The largest absolute Gasteiger partial charge is 0.481 e. The average molecular weight is 437 g/mol. The second-order valence-corrected chi connectivity index (χ2v) is 9.08. The van der Waals surface area contributed by atoms with E-state index in [1.54, 1.807) is 66.9 Å². The molecule has 9 heteroatoms. The number of ether oxygens (including phenoxy) is 1. The van der Waals surface area contributed by atoms with Crippen molar-refractivity contribution in [3.8, 4) is 5.75 Å². The van der Waals surface area contributed by atoms with Crippen molar-refractivity contribution >= 4 is 50.2 Å². The molecule has 1 heterocycles. The maximum Gasteiger partial charge on any atom is 0.271 e. The van der Waals surface area contributed by atoms with Gasteiger partial charge in [0, 0.05) is 5.02 Å². The first-order chi connectivity index (χ1) is 13.3. The molecule has 0 saturated heterocycles. The normalized spacial score (nSPS) is 12.2. The molecule has 146 valence electrons. The van der Waals surface area contributed by atoms with Gasteiger partial charge in [-0.25, -0.2) is 8.42 Å². The number of sulfonamides is 1. The maximum absolute atomic E-state index is 12.5. The van der Waals surface area contributed by atoms with Crippen LogP contribution < -0.4 is 14.8 Å². The van der Waals surface area contributed by atoms with Gasteiger partial charge in [0.05, 0.1) is 11.4 Å². The molecule has 3 aromatic rings. The van der Waals surface area contributed by atoms with E-state index in [4.69, 9.17) is 16.3 Å². The number of hydrogen-bond donors (Lipinski definition) is 2. The van der Waals surface area contributed by atoms with Crippen molar-refractivity contribution in [3.63, 3.8) is 0 Å². The molecule has 6 nitrogen and oxygen atoms in total.